The molecule has 6 heteroatoms. The van der Waals surface area contributed by atoms with E-state index >= 15 is 0 Å². The summed E-state index contributed by atoms with van der Waals surface area (Å²) in [6, 6.07) is 13.2. The van der Waals surface area contributed by atoms with Gasteiger partial charge in [-0.25, -0.2) is 0 Å². The van der Waals surface area contributed by atoms with Gasteiger partial charge in [0.1, 0.15) is 12.4 Å². The fourth-order valence-electron chi connectivity index (χ4n) is 2.21. The molecule has 0 fully saturated rings. The SMILES string of the molecule is Cc1ccccc1OC[C@H](C)NC(=O)CSCc1c(Cl)cccc1Cl. The van der Waals surface area contributed by atoms with E-state index in [0.717, 1.165) is 16.9 Å². The highest BCUT2D eigenvalue weighted by molar-refractivity contribution is 7.99. The van der Waals surface area contributed by atoms with Crippen LogP contribution in [0, 0.1) is 6.92 Å². The number of para-hydroxylation sites is 1. The Hall–Kier alpha value is -1.36. The van der Waals surface area contributed by atoms with Crippen molar-refractivity contribution in [3.8, 4) is 5.75 Å². The molecule has 2 rings (SSSR count). The number of nitrogens with one attached hydrogen (secondary N) is 1. The molecule has 0 spiro atoms. The number of thioether (sulfide) groups is 1. The number of aryl methyl sites for hydroxylation is 1. The molecule has 0 radical (unpaired) electrons. The maximum absolute atomic E-state index is 12.0. The lowest BCUT2D eigenvalue weighted by Crippen LogP contribution is -2.37. The van der Waals surface area contributed by atoms with E-state index in [0.29, 0.717) is 28.2 Å². The third-order valence-corrected chi connectivity index (χ3v) is 5.20. The van der Waals surface area contributed by atoms with Crippen molar-refractivity contribution in [2.45, 2.75) is 25.6 Å². The third-order valence-electron chi connectivity index (χ3n) is 3.53. The van der Waals surface area contributed by atoms with Gasteiger partial charge in [-0.3, -0.25) is 4.79 Å². The first-order chi connectivity index (χ1) is 12.0. The number of benzene rings is 2. The van der Waals surface area contributed by atoms with Crippen LogP contribution in [0.25, 0.3) is 0 Å². The van der Waals surface area contributed by atoms with Gasteiger partial charge in [0, 0.05) is 15.8 Å². The van der Waals surface area contributed by atoms with Crippen molar-refractivity contribution in [3.63, 3.8) is 0 Å². The number of amides is 1. The Balaban J connectivity index is 1.72. The van der Waals surface area contributed by atoms with Gasteiger partial charge in [0.25, 0.3) is 0 Å². The zero-order chi connectivity index (χ0) is 18.2. The van der Waals surface area contributed by atoms with Crippen LogP contribution in [0.1, 0.15) is 18.1 Å². The number of carbonyl (C=O) groups is 1. The first-order valence-corrected chi connectivity index (χ1v) is 9.87. The van der Waals surface area contributed by atoms with Gasteiger partial charge in [-0.2, -0.15) is 0 Å². The lowest BCUT2D eigenvalue weighted by molar-refractivity contribution is -0.119. The molecule has 0 bridgehead atoms. The van der Waals surface area contributed by atoms with E-state index in [1.165, 1.54) is 11.8 Å². The quantitative estimate of drug-likeness (QED) is 0.671. The van der Waals surface area contributed by atoms with Crippen molar-refractivity contribution in [3.05, 3.63) is 63.6 Å². The smallest absolute Gasteiger partial charge is 0.230 e. The lowest BCUT2D eigenvalue weighted by atomic mass is 10.2. The predicted molar refractivity (Wildman–Crippen MR) is 107 cm³/mol. The molecular formula is C19H21Cl2NO2S. The highest BCUT2D eigenvalue weighted by atomic mass is 35.5. The number of ether oxygens (including phenoxy) is 1. The second-order valence-electron chi connectivity index (χ2n) is 5.74. The molecule has 1 N–H and O–H groups in total. The van der Waals surface area contributed by atoms with E-state index in [4.69, 9.17) is 27.9 Å². The maximum Gasteiger partial charge on any atom is 0.230 e. The minimum atomic E-state index is -0.0726. The first kappa shape index (κ1) is 20.0. The predicted octanol–water partition coefficient (Wildman–Crippen LogP) is 5.12. The number of carbonyl (C=O) groups excluding carboxylic acids is 1. The van der Waals surface area contributed by atoms with Gasteiger partial charge in [-0.15, -0.1) is 11.8 Å². The van der Waals surface area contributed by atoms with Crippen molar-refractivity contribution >= 4 is 40.9 Å². The summed E-state index contributed by atoms with van der Waals surface area (Å²) in [6.07, 6.45) is 0. The molecule has 25 heavy (non-hydrogen) atoms. The van der Waals surface area contributed by atoms with E-state index < -0.39 is 0 Å². The van der Waals surface area contributed by atoms with Gasteiger partial charge < -0.3 is 10.1 Å². The lowest BCUT2D eigenvalue weighted by Gasteiger charge is -2.16. The summed E-state index contributed by atoms with van der Waals surface area (Å²) in [6.45, 7) is 4.35. The van der Waals surface area contributed by atoms with E-state index in [-0.39, 0.29) is 11.9 Å². The second kappa shape index (κ2) is 9.95. The van der Waals surface area contributed by atoms with Crippen LogP contribution in [0.3, 0.4) is 0 Å². The van der Waals surface area contributed by atoms with E-state index in [1.807, 2.05) is 44.2 Å². The zero-order valence-corrected chi connectivity index (χ0v) is 16.5. The van der Waals surface area contributed by atoms with Crippen LogP contribution in [0.15, 0.2) is 42.5 Å². The van der Waals surface area contributed by atoms with E-state index in [2.05, 4.69) is 5.32 Å². The molecular weight excluding hydrogens is 377 g/mol. The number of hydrogen-bond donors (Lipinski definition) is 1. The van der Waals surface area contributed by atoms with Crippen LogP contribution in [-0.4, -0.2) is 24.3 Å². The highest BCUT2D eigenvalue weighted by Gasteiger charge is 2.11. The van der Waals surface area contributed by atoms with Crippen molar-refractivity contribution in [2.24, 2.45) is 0 Å². The Kier molecular flexibility index (Phi) is 7.94. The average molecular weight is 398 g/mol. The second-order valence-corrected chi connectivity index (χ2v) is 7.54. The summed E-state index contributed by atoms with van der Waals surface area (Å²) in [5.74, 6) is 1.75. The van der Waals surface area contributed by atoms with Gasteiger partial charge in [-0.05, 0) is 43.2 Å². The molecule has 1 atom stereocenters. The topological polar surface area (TPSA) is 38.3 Å². The summed E-state index contributed by atoms with van der Waals surface area (Å²) >= 11 is 13.7. The Morgan fingerprint density at radius 3 is 2.52 bits per heavy atom. The van der Waals surface area contributed by atoms with Crippen LogP contribution in [0.2, 0.25) is 10.0 Å². The summed E-state index contributed by atoms with van der Waals surface area (Å²) in [5.41, 5.74) is 1.94. The molecule has 0 saturated heterocycles. The van der Waals surface area contributed by atoms with E-state index in [9.17, 15) is 4.79 Å². The minimum absolute atomic E-state index is 0.0333. The van der Waals surface area contributed by atoms with Gasteiger partial charge in [0.15, 0.2) is 0 Å². The molecule has 0 aromatic heterocycles. The molecule has 0 unspecified atom stereocenters. The fraction of sp³-hybridized carbons (Fsp3) is 0.316. The Morgan fingerprint density at radius 2 is 1.84 bits per heavy atom. The molecule has 2 aromatic rings. The van der Waals surface area contributed by atoms with Crippen LogP contribution >= 0.6 is 35.0 Å². The summed E-state index contributed by atoms with van der Waals surface area (Å²) in [5, 5.41) is 4.19. The average Bonchev–Trinajstić information content (AvgIpc) is 2.57. The third kappa shape index (κ3) is 6.46. The van der Waals surface area contributed by atoms with Crippen LogP contribution < -0.4 is 10.1 Å². The normalized spacial score (nSPS) is 11.8. The summed E-state index contributed by atoms with van der Waals surface area (Å²) in [7, 11) is 0. The number of rotatable bonds is 8. The molecule has 0 aliphatic heterocycles. The summed E-state index contributed by atoms with van der Waals surface area (Å²) in [4.78, 5) is 12.0. The maximum atomic E-state index is 12.0. The molecule has 2 aromatic carbocycles. The number of halogens is 2. The van der Waals surface area contributed by atoms with Gasteiger partial charge in [0.05, 0.1) is 11.8 Å². The molecule has 0 aliphatic carbocycles. The molecule has 134 valence electrons. The van der Waals surface area contributed by atoms with Crippen molar-refractivity contribution in [2.75, 3.05) is 12.4 Å². The van der Waals surface area contributed by atoms with Crippen LogP contribution in [-0.2, 0) is 10.5 Å². The monoisotopic (exact) mass is 397 g/mol. The minimum Gasteiger partial charge on any atom is -0.491 e. The van der Waals surface area contributed by atoms with Crippen molar-refractivity contribution < 1.29 is 9.53 Å². The van der Waals surface area contributed by atoms with Gasteiger partial charge in [0.2, 0.25) is 5.91 Å². The fourth-order valence-corrected chi connectivity index (χ4v) is 3.78. The molecule has 0 saturated carbocycles. The summed E-state index contributed by atoms with van der Waals surface area (Å²) < 4.78 is 5.75. The van der Waals surface area contributed by atoms with Crippen molar-refractivity contribution in [1.82, 2.24) is 5.32 Å². The van der Waals surface area contributed by atoms with Gasteiger partial charge >= 0.3 is 0 Å². The van der Waals surface area contributed by atoms with E-state index in [1.54, 1.807) is 12.1 Å². The first-order valence-electron chi connectivity index (χ1n) is 7.95. The zero-order valence-electron chi connectivity index (χ0n) is 14.2. The number of hydrogen-bond acceptors (Lipinski definition) is 3. The Labute approximate surface area is 163 Å². The van der Waals surface area contributed by atoms with Gasteiger partial charge in [-0.1, -0.05) is 47.5 Å². The molecule has 1 amide bonds. The highest BCUT2D eigenvalue weighted by Crippen LogP contribution is 2.28. The van der Waals surface area contributed by atoms with Crippen molar-refractivity contribution in [1.29, 1.82) is 0 Å². The Bertz CT molecular complexity index is 704. The standard InChI is InChI=1S/C19H21Cl2NO2S/c1-13-6-3-4-9-18(13)24-10-14(2)22-19(23)12-25-11-15-16(20)7-5-8-17(15)21/h3-9,14H,10-12H2,1-2H3,(H,22,23)/t14-/m0/s1. The molecule has 0 heterocycles. The van der Waals surface area contributed by atoms with Crippen LogP contribution in [0.5, 0.6) is 5.75 Å². The molecule has 0 aliphatic rings. The molecule has 3 nitrogen and oxygen atoms in total. The Morgan fingerprint density at radius 1 is 1.16 bits per heavy atom. The van der Waals surface area contributed by atoms with Crippen LogP contribution in [0.4, 0.5) is 0 Å². The largest absolute Gasteiger partial charge is 0.491 e.